The molecule has 0 amide bonds. The van der Waals surface area contributed by atoms with Crippen LogP contribution in [0.4, 0.5) is 22.0 Å². The number of allylic oxidation sites excluding steroid dienone is 2. The zero-order chi connectivity index (χ0) is 16.4. The average molecular weight is 328 g/mol. The van der Waals surface area contributed by atoms with E-state index in [9.17, 15) is 22.0 Å². The van der Waals surface area contributed by atoms with Crippen molar-refractivity contribution >= 4 is 0 Å². The van der Waals surface area contributed by atoms with Gasteiger partial charge in [-0.1, -0.05) is 12.2 Å². The molecule has 5 atom stereocenters. The first kappa shape index (κ1) is 16.1. The van der Waals surface area contributed by atoms with Gasteiger partial charge in [0.05, 0.1) is 0 Å². The van der Waals surface area contributed by atoms with Crippen LogP contribution in [-0.2, 0) is 14.2 Å². The maximum absolute atomic E-state index is 14.9. The molecular weight excluding hydrogens is 311 g/mol. The van der Waals surface area contributed by atoms with Crippen LogP contribution in [0.1, 0.15) is 19.8 Å². The maximum atomic E-state index is 14.9. The third-order valence-electron chi connectivity index (χ3n) is 5.30. The number of alkyl halides is 5. The number of hydrogen-bond donors (Lipinski definition) is 0. The van der Waals surface area contributed by atoms with E-state index >= 15 is 0 Å². The Bertz CT molecular complexity index is 491. The predicted octanol–water partition coefficient (Wildman–Crippen LogP) is 3.50. The van der Waals surface area contributed by atoms with Crippen LogP contribution in [-0.4, -0.2) is 37.4 Å². The van der Waals surface area contributed by atoms with Gasteiger partial charge in [-0.2, -0.15) is 22.0 Å². The summed E-state index contributed by atoms with van der Waals surface area (Å²) in [4.78, 5) is 0. The van der Waals surface area contributed by atoms with Crippen LogP contribution < -0.4 is 0 Å². The van der Waals surface area contributed by atoms with Crippen LogP contribution >= 0.6 is 0 Å². The summed E-state index contributed by atoms with van der Waals surface area (Å²) in [6, 6.07) is 0. The minimum atomic E-state index is -5.39. The smallest absolute Gasteiger partial charge is 0.342 e. The summed E-state index contributed by atoms with van der Waals surface area (Å²) in [5, 5.41) is 0. The van der Waals surface area contributed by atoms with Gasteiger partial charge in [-0.05, 0) is 31.6 Å². The second-order valence-corrected chi connectivity index (χ2v) is 6.29. The van der Waals surface area contributed by atoms with Gasteiger partial charge in [0.2, 0.25) is 0 Å². The van der Waals surface area contributed by atoms with Crippen molar-refractivity contribution in [3.8, 4) is 0 Å². The van der Waals surface area contributed by atoms with Crippen molar-refractivity contribution in [2.75, 3.05) is 13.9 Å². The molecule has 8 heteroatoms. The highest BCUT2D eigenvalue weighted by atomic mass is 19.4. The van der Waals surface area contributed by atoms with Crippen molar-refractivity contribution in [1.82, 2.24) is 0 Å². The SMILES string of the molecule is COC1(C(F)(F)F)OCOC(C)(C2CC3C=CC2C3)C1(F)F. The zero-order valence-electron chi connectivity index (χ0n) is 12.1. The summed E-state index contributed by atoms with van der Waals surface area (Å²) in [5.74, 6) is -9.16. The minimum absolute atomic E-state index is 0.122. The van der Waals surface area contributed by atoms with Gasteiger partial charge in [-0.25, -0.2) is 0 Å². The highest BCUT2D eigenvalue weighted by molar-refractivity contribution is 5.19. The Labute approximate surface area is 124 Å². The first-order valence-electron chi connectivity index (χ1n) is 7.05. The number of ether oxygens (including phenoxy) is 3. The van der Waals surface area contributed by atoms with Crippen LogP contribution in [0, 0.1) is 17.8 Å². The van der Waals surface area contributed by atoms with Gasteiger partial charge in [0.25, 0.3) is 0 Å². The lowest BCUT2D eigenvalue weighted by Crippen LogP contribution is -2.75. The standard InChI is InChI=1S/C14H17F5O3/c1-11(10-6-8-3-4-9(10)5-8)12(15,16)13(20-2,14(17,18)19)22-7-21-11/h3-4,8-10H,5-7H2,1-2H3. The molecule has 0 aromatic heterocycles. The van der Waals surface area contributed by atoms with Gasteiger partial charge in [-0.3, -0.25) is 0 Å². The number of fused-ring (bicyclic) bond motifs is 2. The van der Waals surface area contributed by atoms with Crippen molar-refractivity contribution in [3.63, 3.8) is 0 Å². The van der Waals surface area contributed by atoms with Crippen LogP contribution in [0.15, 0.2) is 12.2 Å². The van der Waals surface area contributed by atoms with Gasteiger partial charge in [0.1, 0.15) is 5.60 Å². The van der Waals surface area contributed by atoms with Crippen molar-refractivity contribution in [3.05, 3.63) is 12.2 Å². The molecule has 1 heterocycles. The van der Waals surface area contributed by atoms with E-state index in [2.05, 4.69) is 9.47 Å². The Morgan fingerprint density at radius 1 is 1.14 bits per heavy atom. The van der Waals surface area contributed by atoms with E-state index in [1.807, 2.05) is 6.08 Å². The van der Waals surface area contributed by atoms with Gasteiger partial charge >= 0.3 is 17.9 Å². The van der Waals surface area contributed by atoms with Gasteiger partial charge in [0, 0.05) is 13.0 Å². The number of halogens is 5. The van der Waals surface area contributed by atoms with Gasteiger partial charge in [0.15, 0.2) is 6.79 Å². The Hall–Kier alpha value is -0.730. The molecule has 3 rings (SSSR count). The molecule has 1 aliphatic heterocycles. The van der Waals surface area contributed by atoms with Crippen molar-refractivity contribution < 1.29 is 36.2 Å². The lowest BCUT2D eigenvalue weighted by Gasteiger charge is -2.54. The average Bonchev–Trinajstić information content (AvgIpc) is 3.03. The third-order valence-corrected chi connectivity index (χ3v) is 5.30. The Balaban J connectivity index is 2.03. The molecule has 1 saturated carbocycles. The van der Waals surface area contributed by atoms with Crippen LogP contribution in [0.3, 0.4) is 0 Å². The molecule has 3 nitrogen and oxygen atoms in total. The highest BCUT2D eigenvalue weighted by Crippen LogP contribution is 2.60. The van der Waals surface area contributed by atoms with E-state index < -0.39 is 36.2 Å². The molecule has 0 aromatic rings. The molecule has 126 valence electrons. The fourth-order valence-corrected chi connectivity index (χ4v) is 4.06. The second-order valence-electron chi connectivity index (χ2n) is 6.29. The molecular formula is C14H17F5O3. The van der Waals surface area contributed by atoms with Crippen LogP contribution in [0.2, 0.25) is 0 Å². The normalized spacial score (nSPS) is 47.1. The third kappa shape index (κ3) is 1.77. The summed E-state index contributed by atoms with van der Waals surface area (Å²) in [6.45, 7) is 0.144. The Morgan fingerprint density at radius 2 is 1.82 bits per heavy atom. The zero-order valence-corrected chi connectivity index (χ0v) is 12.1. The minimum Gasteiger partial charge on any atom is -0.342 e. The van der Waals surface area contributed by atoms with E-state index in [1.165, 1.54) is 0 Å². The summed E-state index contributed by atoms with van der Waals surface area (Å²) in [7, 11) is 0.577. The fraction of sp³-hybridized carbons (Fsp3) is 0.857. The summed E-state index contributed by atoms with van der Waals surface area (Å²) in [6.07, 6.45) is -0.613. The highest BCUT2D eigenvalue weighted by Gasteiger charge is 2.82. The molecule has 0 radical (unpaired) electrons. The molecule has 0 N–H and O–H groups in total. The largest absolute Gasteiger partial charge is 0.450 e. The monoisotopic (exact) mass is 328 g/mol. The van der Waals surface area contributed by atoms with Crippen LogP contribution in [0.25, 0.3) is 0 Å². The molecule has 22 heavy (non-hydrogen) atoms. The lowest BCUT2D eigenvalue weighted by atomic mass is 9.72. The first-order valence-corrected chi connectivity index (χ1v) is 7.05. The molecule has 2 bridgehead atoms. The summed E-state index contributed by atoms with van der Waals surface area (Å²) in [5.41, 5.74) is -2.30. The van der Waals surface area contributed by atoms with E-state index in [1.54, 1.807) is 6.08 Å². The molecule has 0 aromatic carbocycles. The van der Waals surface area contributed by atoms with Crippen LogP contribution in [0.5, 0.6) is 0 Å². The first-order chi connectivity index (χ1) is 10.1. The van der Waals surface area contributed by atoms with E-state index in [-0.39, 0.29) is 11.8 Å². The van der Waals surface area contributed by atoms with E-state index in [0.29, 0.717) is 20.0 Å². The summed E-state index contributed by atoms with van der Waals surface area (Å²) < 4.78 is 83.4. The molecule has 2 aliphatic carbocycles. The van der Waals surface area contributed by atoms with Gasteiger partial charge in [-0.15, -0.1) is 0 Å². The van der Waals surface area contributed by atoms with Gasteiger partial charge < -0.3 is 14.2 Å². The second kappa shape index (κ2) is 4.64. The number of methoxy groups -OCH3 is 1. The van der Waals surface area contributed by atoms with E-state index in [4.69, 9.17) is 4.74 Å². The number of rotatable bonds is 2. The predicted molar refractivity (Wildman–Crippen MR) is 65.0 cm³/mol. The molecule has 3 aliphatic rings. The number of hydrogen-bond acceptors (Lipinski definition) is 3. The maximum Gasteiger partial charge on any atom is 0.450 e. The van der Waals surface area contributed by atoms with E-state index in [0.717, 1.165) is 6.92 Å². The quantitative estimate of drug-likeness (QED) is 0.574. The lowest BCUT2D eigenvalue weighted by molar-refractivity contribution is -0.510. The summed E-state index contributed by atoms with van der Waals surface area (Å²) >= 11 is 0. The molecule has 0 spiro atoms. The molecule has 1 saturated heterocycles. The Kier molecular flexibility index (Phi) is 3.40. The van der Waals surface area contributed by atoms with Crippen molar-refractivity contribution in [1.29, 1.82) is 0 Å². The van der Waals surface area contributed by atoms with Crippen molar-refractivity contribution in [2.45, 2.75) is 43.3 Å². The molecule has 2 fully saturated rings. The Morgan fingerprint density at radius 3 is 2.27 bits per heavy atom. The fourth-order valence-electron chi connectivity index (χ4n) is 4.06. The van der Waals surface area contributed by atoms with Crippen molar-refractivity contribution in [2.24, 2.45) is 17.8 Å². The topological polar surface area (TPSA) is 27.7 Å². The molecule has 5 unspecified atom stereocenters.